The number of carboxylic acids is 1. The van der Waals surface area contributed by atoms with Crippen LogP contribution in [-0.2, 0) is 9.53 Å². The number of nitrogens with one attached hydrogen (secondary N) is 1. The van der Waals surface area contributed by atoms with Crippen molar-refractivity contribution in [3.05, 3.63) is 89.7 Å². The van der Waals surface area contributed by atoms with E-state index in [0.717, 1.165) is 22.3 Å². The summed E-state index contributed by atoms with van der Waals surface area (Å²) in [6.45, 7) is 0.0885. The average molecular weight is 434 g/mol. The molecular formula is C25H23FN2O4. The van der Waals surface area contributed by atoms with Crippen molar-refractivity contribution in [2.75, 3.05) is 25.1 Å². The molecule has 3 aromatic rings. The fourth-order valence-corrected chi connectivity index (χ4v) is 4.04. The minimum Gasteiger partial charge on any atom is -0.480 e. The van der Waals surface area contributed by atoms with Crippen LogP contribution in [0.15, 0.2) is 72.8 Å². The minimum atomic E-state index is -1.19. The second kappa shape index (κ2) is 9.09. The maximum absolute atomic E-state index is 13.1. The lowest BCUT2D eigenvalue weighted by atomic mass is 9.98. The zero-order valence-corrected chi connectivity index (χ0v) is 17.5. The van der Waals surface area contributed by atoms with E-state index in [2.05, 4.69) is 5.32 Å². The predicted octanol–water partition coefficient (Wildman–Crippen LogP) is 4.25. The van der Waals surface area contributed by atoms with Crippen LogP contribution in [0.5, 0.6) is 0 Å². The summed E-state index contributed by atoms with van der Waals surface area (Å²) < 4.78 is 18.6. The van der Waals surface area contributed by atoms with E-state index in [1.807, 2.05) is 48.5 Å². The molecule has 0 aromatic heterocycles. The lowest BCUT2D eigenvalue weighted by molar-refractivity contribution is -0.139. The standard InChI is InChI=1S/C25H23FN2O4/c1-28(17-12-10-16(26)11-13-17)14-23(24(29)30)27-25(31)32-15-22-20-8-4-2-6-18(20)19-7-3-5-9-21(19)22/h2-13,22-23H,14-15H2,1H3,(H,27,31)(H,29,30)/t23-/m0/s1. The third-order valence-electron chi connectivity index (χ3n) is 5.66. The van der Waals surface area contributed by atoms with Gasteiger partial charge in [-0.15, -0.1) is 0 Å². The van der Waals surface area contributed by atoms with E-state index in [1.165, 1.54) is 12.1 Å². The molecule has 7 heteroatoms. The molecule has 0 bridgehead atoms. The van der Waals surface area contributed by atoms with Gasteiger partial charge in [0.1, 0.15) is 18.5 Å². The maximum atomic E-state index is 13.1. The zero-order valence-electron chi connectivity index (χ0n) is 17.5. The quantitative estimate of drug-likeness (QED) is 0.581. The van der Waals surface area contributed by atoms with Gasteiger partial charge in [-0.3, -0.25) is 0 Å². The number of rotatable bonds is 7. The number of fused-ring (bicyclic) bond motifs is 3. The van der Waals surface area contributed by atoms with Crippen LogP contribution >= 0.6 is 0 Å². The number of carbonyl (C=O) groups excluding carboxylic acids is 1. The Bertz CT molecular complexity index is 1090. The van der Waals surface area contributed by atoms with Crippen molar-refractivity contribution in [2.24, 2.45) is 0 Å². The molecule has 6 nitrogen and oxygen atoms in total. The second-order valence-corrected chi connectivity index (χ2v) is 7.72. The number of hydrogen-bond acceptors (Lipinski definition) is 4. The molecule has 1 aliphatic carbocycles. The molecule has 0 spiro atoms. The molecule has 0 aliphatic heterocycles. The monoisotopic (exact) mass is 434 g/mol. The van der Waals surface area contributed by atoms with Crippen LogP contribution < -0.4 is 10.2 Å². The number of likely N-dealkylation sites (N-methyl/N-ethyl adjacent to an activating group) is 1. The van der Waals surface area contributed by atoms with Crippen LogP contribution in [0, 0.1) is 5.82 Å². The zero-order chi connectivity index (χ0) is 22.7. The molecule has 0 saturated heterocycles. The number of hydrogen-bond donors (Lipinski definition) is 2. The summed E-state index contributed by atoms with van der Waals surface area (Å²) in [6, 6.07) is 20.4. The van der Waals surface area contributed by atoms with Gasteiger partial charge < -0.3 is 20.1 Å². The van der Waals surface area contributed by atoms with Gasteiger partial charge in [0.25, 0.3) is 0 Å². The summed E-state index contributed by atoms with van der Waals surface area (Å²) in [4.78, 5) is 25.8. The molecule has 2 N–H and O–H groups in total. The van der Waals surface area contributed by atoms with Crippen LogP contribution in [0.1, 0.15) is 17.0 Å². The van der Waals surface area contributed by atoms with Crippen LogP contribution in [-0.4, -0.2) is 43.4 Å². The average Bonchev–Trinajstić information content (AvgIpc) is 3.11. The number of aliphatic carboxylic acids is 1. The molecule has 164 valence electrons. The van der Waals surface area contributed by atoms with Gasteiger partial charge in [0.05, 0.1) is 0 Å². The van der Waals surface area contributed by atoms with Gasteiger partial charge in [-0.2, -0.15) is 0 Å². The largest absolute Gasteiger partial charge is 0.480 e. The third-order valence-corrected chi connectivity index (χ3v) is 5.66. The van der Waals surface area contributed by atoms with Crippen LogP contribution in [0.25, 0.3) is 11.1 Å². The lowest BCUT2D eigenvalue weighted by Crippen LogP contribution is -2.48. The van der Waals surface area contributed by atoms with E-state index in [4.69, 9.17) is 4.74 Å². The van der Waals surface area contributed by atoms with E-state index in [1.54, 1.807) is 24.1 Å². The number of ether oxygens (including phenoxy) is 1. The number of halogens is 1. The normalized spacial score (nSPS) is 13.1. The van der Waals surface area contributed by atoms with Crippen molar-refractivity contribution in [1.29, 1.82) is 0 Å². The predicted molar refractivity (Wildman–Crippen MR) is 119 cm³/mol. The second-order valence-electron chi connectivity index (χ2n) is 7.72. The summed E-state index contributed by atoms with van der Waals surface area (Å²) in [7, 11) is 1.67. The highest BCUT2D eigenvalue weighted by atomic mass is 19.1. The molecule has 0 unspecified atom stereocenters. The Labute approximate surface area is 185 Å². The van der Waals surface area contributed by atoms with E-state index < -0.39 is 18.1 Å². The van der Waals surface area contributed by atoms with Gasteiger partial charge in [0, 0.05) is 25.2 Å². The molecule has 1 aliphatic rings. The summed E-state index contributed by atoms with van der Waals surface area (Å²) in [5, 5.41) is 12.0. The van der Waals surface area contributed by atoms with Gasteiger partial charge in [-0.25, -0.2) is 14.0 Å². The van der Waals surface area contributed by atoms with Crippen molar-refractivity contribution >= 4 is 17.7 Å². The Balaban J connectivity index is 1.40. The van der Waals surface area contributed by atoms with Gasteiger partial charge in [-0.1, -0.05) is 48.5 Å². The van der Waals surface area contributed by atoms with E-state index in [9.17, 15) is 19.1 Å². The number of alkyl carbamates (subject to hydrolysis) is 1. The van der Waals surface area contributed by atoms with Crippen molar-refractivity contribution in [3.8, 4) is 11.1 Å². The Morgan fingerprint density at radius 3 is 2.12 bits per heavy atom. The smallest absolute Gasteiger partial charge is 0.407 e. The molecule has 0 radical (unpaired) electrons. The number of carbonyl (C=O) groups is 2. The highest BCUT2D eigenvalue weighted by Gasteiger charge is 2.30. The van der Waals surface area contributed by atoms with Crippen molar-refractivity contribution in [2.45, 2.75) is 12.0 Å². The minimum absolute atomic E-state index is 0.00877. The van der Waals surface area contributed by atoms with Crippen LogP contribution in [0.3, 0.4) is 0 Å². The third kappa shape index (κ3) is 4.42. The van der Waals surface area contributed by atoms with Crippen molar-refractivity contribution in [3.63, 3.8) is 0 Å². The Hall–Kier alpha value is -3.87. The fraction of sp³-hybridized carbons (Fsp3) is 0.200. The molecule has 0 saturated carbocycles. The lowest BCUT2D eigenvalue weighted by Gasteiger charge is -2.24. The highest BCUT2D eigenvalue weighted by molar-refractivity contribution is 5.81. The van der Waals surface area contributed by atoms with Gasteiger partial charge in [-0.05, 0) is 46.5 Å². The number of benzene rings is 3. The SMILES string of the molecule is CN(C[C@H](NC(=O)OCC1c2ccccc2-c2ccccc21)C(=O)O)c1ccc(F)cc1. The van der Waals surface area contributed by atoms with Gasteiger partial charge in [0.15, 0.2) is 0 Å². The molecule has 1 amide bonds. The Morgan fingerprint density at radius 1 is 1.00 bits per heavy atom. The molecule has 0 fully saturated rings. The van der Waals surface area contributed by atoms with Gasteiger partial charge in [0.2, 0.25) is 0 Å². The number of amides is 1. The molecular weight excluding hydrogens is 411 g/mol. The van der Waals surface area contributed by atoms with Gasteiger partial charge >= 0.3 is 12.1 Å². The van der Waals surface area contributed by atoms with E-state index in [-0.39, 0.29) is 24.9 Å². The number of anilines is 1. The maximum Gasteiger partial charge on any atom is 0.407 e. The number of carboxylic acid groups (broad SMARTS) is 1. The molecule has 0 heterocycles. The van der Waals surface area contributed by atoms with Crippen LogP contribution in [0.2, 0.25) is 0 Å². The van der Waals surface area contributed by atoms with Crippen molar-refractivity contribution in [1.82, 2.24) is 5.32 Å². The first-order valence-corrected chi connectivity index (χ1v) is 10.2. The van der Waals surface area contributed by atoms with E-state index >= 15 is 0 Å². The molecule has 32 heavy (non-hydrogen) atoms. The van der Waals surface area contributed by atoms with Crippen LogP contribution in [0.4, 0.5) is 14.9 Å². The molecule has 4 rings (SSSR count). The summed E-state index contributed by atoms with van der Waals surface area (Å²) in [5.74, 6) is -1.68. The summed E-state index contributed by atoms with van der Waals surface area (Å²) in [6.07, 6.45) is -0.799. The molecule has 3 aromatic carbocycles. The molecule has 1 atom stereocenters. The topological polar surface area (TPSA) is 78.9 Å². The summed E-state index contributed by atoms with van der Waals surface area (Å²) >= 11 is 0. The Kier molecular flexibility index (Phi) is 6.07. The first-order valence-electron chi connectivity index (χ1n) is 10.2. The summed E-state index contributed by atoms with van der Waals surface area (Å²) in [5.41, 5.74) is 5.01. The first-order chi connectivity index (χ1) is 15.4. The van der Waals surface area contributed by atoms with Crippen molar-refractivity contribution < 1.29 is 23.8 Å². The van der Waals surface area contributed by atoms with E-state index in [0.29, 0.717) is 5.69 Å². The Morgan fingerprint density at radius 2 is 1.56 bits per heavy atom. The first kappa shape index (κ1) is 21.4. The number of nitrogens with zero attached hydrogens (tertiary/aromatic N) is 1. The fourth-order valence-electron chi connectivity index (χ4n) is 4.04. The highest BCUT2D eigenvalue weighted by Crippen LogP contribution is 2.44.